The molecule has 0 radical (unpaired) electrons. The summed E-state index contributed by atoms with van der Waals surface area (Å²) in [6, 6.07) is 5.30. The third-order valence-corrected chi connectivity index (χ3v) is 4.68. The summed E-state index contributed by atoms with van der Waals surface area (Å²) in [5.74, 6) is 0.0308. The maximum Gasteiger partial charge on any atom is 0.310 e. The van der Waals surface area contributed by atoms with Crippen molar-refractivity contribution < 1.29 is 19.1 Å². The smallest absolute Gasteiger partial charge is 0.310 e. The number of rotatable bonds is 10. The molecule has 144 valence electrons. The third-order valence-electron chi connectivity index (χ3n) is 4.15. The summed E-state index contributed by atoms with van der Waals surface area (Å²) in [4.78, 5) is 26.2. The van der Waals surface area contributed by atoms with Crippen molar-refractivity contribution in [1.82, 2.24) is 4.90 Å². The van der Waals surface area contributed by atoms with Crippen molar-refractivity contribution in [3.63, 3.8) is 0 Å². The van der Waals surface area contributed by atoms with Crippen LogP contribution in [0.1, 0.15) is 39.5 Å². The molecule has 26 heavy (non-hydrogen) atoms. The van der Waals surface area contributed by atoms with Crippen LogP contribution in [0, 0.1) is 5.92 Å². The number of nitrogens with zero attached hydrogens (tertiary/aromatic N) is 1. The van der Waals surface area contributed by atoms with Gasteiger partial charge in [-0.1, -0.05) is 30.1 Å². The zero-order valence-corrected chi connectivity index (χ0v) is 16.7. The van der Waals surface area contributed by atoms with Gasteiger partial charge in [-0.25, -0.2) is 0 Å². The number of esters is 1. The highest BCUT2D eigenvalue weighted by Crippen LogP contribution is 2.29. The molecular formula is C19H25Cl2NO4. The Morgan fingerprint density at radius 3 is 2.65 bits per heavy atom. The van der Waals surface area contributed by atoms with E-state index >= 15 is 0 Å². The molecule has 1 fully saturated rings. The second-order valence-electron chi connectivity index (χ2n) is 6.46. The fourth-order valence-electron chi connectivity index (χ4n) is 2.64. The summed E-state index contributed by atoms with van der Waals surface area (Å²) in [5, 5.41) is 1.00. The Kier molecular flexibility index (Phi) is 8.04. The number of hydrogen-bond acceptors (Lipinski definition) is 4. The molecule has 0 saturated heterocycles. The van der Waals surface area contributed by atoms with Gasteiger partial charge in [0.15, 0.2) is 0 Å². The van der Waals surface area contributed by atoms with Gasteiger partial charge in [0.25, 0.3) is 0 Å². The predicted molar refractivity (Wildman–Crippen MR) is 102 cm³/mol. The number of carbonyl (C=O) groups excluding carboxylic acids is 2. The van der Waals surface area contributed by atoms with Crippen molar-refractivity contribution in [2.45, 2.75) is 45.6 Å². The zero-order valence-electron chi connectivity index (χ0n) is 15.2. The molecule has 0 N–H and O–H groups in total. The van der Waals surface area contributed by atoms with E-state index in [1.165, 1.54) is 0 Å². The van der Waals surface area contributed by atoms with Gasteiger partial charge < -0.3 is 14.4 Å². The summed E-state index contributed by atoms with van der Waals surface area (Å²) < 4.78 is 10.6. The number of amides is 1. The van der Waals surface area contributed by atoms with Crippen molar-refractivity contribution in [1.29, 1.82) is 0 Å². The van der Waals surface area contributed by atoms with E-state index in [1.54, 1.807) is 32.0 Å². The first-order chi connectivity index (χ1) is 12.4. The molecule has 0 aromatic heterocycles. The van der Waals surface area contributed by atoms with E-state index in [4.69, 9.17) is 32.7 Å². The summed E-state index contributed by atoms with van der Waals surface area (Å²) in [6.45, 7) is 4.73. The van der Waals surface area contributed by atoms with Gasteiger partial charge in [-0.2, -0.15) is 0 Å². The molecule has 0 aliphatic heterocycles. The average molecular weight is 402 g/mol. The van der Waals surface area contributed by atoms with Gasteiger partial charge in [-0.3, -0.25) is 9.59 Å². The second kappa shape index (κ2) is 10.0. The Morgan fingerprint density at radius 1 is 1.31 bits per heavy atom. The molecule has 0 heterocycles. The van der Waals surface area contributed by atoms with Crippen molar-refractivity contribution in [3.05, 3.63) is 28.2 Å². The molecule has 0 bridgehead atoms. The second-order valence-corrected chi connectivity index (χ2v) is 7.30. The minimum Gasteiger partial charge on any atom is -0.492 e. The highest BCUT2D eigenvalue weighted by Gasteiger charge is 2.34. The van der Waals surface area contributed by atoms with Crippen molar-refractivity contribution in [2.75, 3.05) is 19.8 Å². The standard InChI is InChI=1S/C19H25Cl2NO4/c1-3-25-19(24)13(2)12-22(15-7-8-15)18(23)5-4-10-26-17-9-6-14(20)11-16(17)21/h6,9,11,13,15H,3-5,7-8,10,12H2,1-2H3. The van der Waals surface area contributed by atoms with Crippen LogP contribution in [0.15, 0.2) is 18.2 Å². The summed E-state index contributed by atoms with van der Waals surface area (Å²) in [7, 11) is 0. The van der Waals surface area contributed by atoms with Gasteiger partial charge in [0, 0.05) is 24.0 Å². The zero-order chi connectivity index (χ0) is 19.1. The number of halogens is 2. The van der Waals surface area contributed by atoms with Gasteiger partial charge in [0.05, 0.1) is 24.2 Å². The van der Waals surface area contributed by atoms with Crippen LogP contribution >= 0.6 is 23.2 Å². The first-order valence-corrected chi connectivity index (χ1v) is 9.72. The van der Waals surface area contributed by atoms with Crippen LogP contribution in [-0.4, -0.2) is 42.6 Å². The maximum absolute atomic E-state index is 12.5. The molecule has 1 amide bonds. The fourth-order valence-corrected chi connectivity index (χ4v) is 3.10. The average Bonchev–Trinajstić information content (AvgIpc) is 3.42. The molecule has 0 spiro atoms. The Bertz CT molecular complexity index is 634. The normalized spacial score (nSPS) is 14.6. The van der Waals surface area contributed by atoms with Crippen LogP contribution in [0.2, 0.25) is 10.0 Å². The third kappa shape index (κ3) is 6.36. The van der Waals surface area contributed by atoms with E-state index in [1.807, 2.05) is 4.90 Å². The van der Waals surface area contributed by atoms with Gasteiger partial charge in [0.2, 0.25) is 5.91 Å². The van der Waals surface area contributed by atoms with E-state index in [0.29, 0.717) is 48.4 Å². The van der Waals surface area contributed by atoms with Gasteiger partial charge in [-0.15, -0.1) is 0 Å². The minimum atomic E-state index is -0.316. The first-order valence-electron chi connectivity index (χ1n) is 8.96. The van der Waals surface area contributed by atoms with Crippen LogP contribution in [0.4, 0.5) is 0 Å². The Morgan fingerprint density at radius 2 is 2.04 bits per heavy atom. The van der Waals surface area contributed by atoms with Gasteiger partial charge in [0.1, 0.15) is 5.75 Å². The van der Waals surface area contributed by atoms with E-state index in [0.717, 1.165) is 12.8 Å². The molecule has 2 rings (SSSR count). The van der Waals surface area contributed by atoms with Crippen molar-refractivity contribution in [2.24, 2.45) is 5.92 Å². The van der Waals surface area contributed by atoms with Crippen molar-refractivity contribution >= 4 is 35.1 Å². The van der Waals surface area contributed by atoms with E-state index in [-0.39, 0.29) is 23.8 Å². The molecule has 5 nitrogen and oxygen atoms in total. The molecule has 1 aliphatic carbocycles. The Hall–Kier alpha value is -1.46. The summed E-state index contributed by atoms with van der Waals surface area (Å²) >= 11 is 11.9. The molecule has 1 aromatic carbocycles. The fraction of sp³-hybridized carbons (Fsp3) is 0.579. The Labute approximate surface area is 164 Å². The highest BCUT2D eigenvalue weighted by molar-refractivity contribution is 6.35. The molecule has 1 aromatic rings. The van der Waals surface area contributed by atoms with Crippen LogP contribution < -0.4 is 4.74 Å². The lowest BCUT2D eigenvalue weighted by atomic mass is 10.1. The lowest BCUT2D eigenvalue weighted by Crippen LogP contribution is -2.39. The number of carbonyl (C=O) groups is 2. The number of benzene rings is 1. The van der Waals surface area contributed by atoms with E-state index in [2.05, 4.69) is 0 Å². The van der Waals surface area contributed by atoms with Gasteiger partial charge >= 0.3 is 5.97 Å². The minimum absolute atomic E-state index is 0.0504. The lowest BCUT2D eigenvalue weighted by molar-refractivity contribution is -0.149. The van der Waals surface area contributed by atoms with Gasteiger partial charge in [-0.05, 0) is 44.4 Å². The molecule has 7 heteroatoms. The molecule has 1 unspecified atom stereocenters. The molecule has 1 atom stereocenters. The maximum atomic E-state index is 12.5. The van der Waals surface area contributed by atoms with E-state index in [9.17, 15) is 9.59 Å². The van der Waals surface area contributed by atoms with E-state index < -0.39 is 0 Å². The number of hydrogen-bond donors (Lipinski definition) is 0. The highest BCUT2D eigenvalue weighted by atomic mass is 35.5. The predicted octanol–water partition coefficient (Wildman–Crippen LogP) is 4.34. The van der Waals surface area contributed by atoms with Crippen LogP contribution in [-0.2, 0) is 14.3 Å². The molecule has 1 saturated carbocycles. The molecular weight excluding hydrogens is 377 g/mol. The first kappa shape index (κ1) is 20.8. The summed E-state index contributed by atoms with van der Waals surface area (Å²) in [5.41, 5.74) is 0. The topological polar surface area (TPSA) is 55.8 Å². The largest absolute Gasteiger partial charge is 0.492 e. The monoisotopic (exact) mass is 401 g/mol. The molecule has 1 aliphatic rings. The lowest BCUT2D eigenvalue weighted by Gasteiger charge is -2.25. The quantitative estimate of drug-likeness (QED) is 0.432. The number of ether oxygens (including phenoxy) is 2. The van der Waals surface area contributed by atoms with Crippen LogP contribution in [0.25, 0.3) is 0 Å². The van der Waals surface area contributed by atoms with Crippen LogP contribution in [0.3, 0.4) is 0 Å². The van der Waals surface area contributed by atoms with Crippen LogP contribution in [0.5, 0.6) is 5.75 Å². The Balaban J connectivity index is 1.78. The summed E-state index contributed by atoms with van der Waals surface area (Å²) in [6.07, 6.45) is 2.95. The SMILES string of the molecule is CCOC(=O)C(C)CN(C(=O)CCCOc1ccc(Cl)cc1Cl)C1CC1. The van der Waals surface area contributed by atoms with Crippen molar-refractivity contribution in [3.8, 4) is 5.75 Å².